The highest BCUT2D eigenvalue weighted by molar-refractivity contribution is 7.90. The summed E-state index contributed by atoms with van der Waals surface area (Å²) >= 11 is 0. The first kappa shape index (κ1) is 26.7. The molecule has 36 heavy (non-hydrogen) atoms. The van der Waals surface area contributed by atoms with Crippen molar-refractivity contribution in [1.29, 1.82) is 0 Å². The molecule has 0 amide bonds. The van der Waals surface area contributed by atoms with Crippen molar-refractivity contribution in [2.75, 3.05) is 38.3 Å². The maximum absolute atomic E-state index is 14.7. The third-order valence-electron chi connectivity index (χ3n) is 7.49. The normalized spacial score (nSPS) is 17.7. The topological polar surface area (TPSA) is 63.6 Å². The van der Waals surface area contributed by atoms with Crippen molar-refractivity contribution >= 4 is 28.1 Å². The van der Waals surface area contributed by atoms with Gasteiger partial charge in [-0.15, -0.1) is 12.4 Å². The van der Waals surface area contributed by atoms with Gasteiger partial charge in [-0.2, -0.15) is 0 Å². The highest BCUT2D eigenvalue weighted by atomic mass is 35.5. The molecule has 0 saturated carbocycles. The number of hydrogen-bond donors (Lipinski definition) is 1. The van der Waals surface area contributed by atoms with E-state index in [9.17, 15) is 12.8 Å². The van der Waals surface area contributed by atoms with Gasteiger partial charge in [-0.1, -0.05) is 18.2 Å². The molecule has 3 heterocycles. The lowest BCUT2D eigenvalue weighted by Crippen LogP contribution is -2.43. The summed E-state index contributed by atoms with van der Waals surface area (Å²) < 4.78 is 49.1. The fourth-order valence-electron chi connectivity index (χ4n) is 5.36. The van der Waals surface area contributed by atoms with E-state index in [4.69, 9.17) is 4.74 Å². The summed E-state index contributed by atoms with van der Waals surface area (Å²) in [5.41, 5.74) is 2.61. The van der Waals surface area contributed by atoms with Gasteiger partial charge in [-0.05, 0) is 80.1 Å². The Bertz CT molecular complexity index is 1300. The molecule has 2 aliphatic heterocycles. The Morgan fingerprint density at radius 3 is 2.42 bits per heavy atom. The Hall–Kier alpha value is -2.39. The summed E-state index contributed by atoms with van der Waals surface area (Å²) in [4.78, 5) is 2.48. The van der Waals surface area contributed by atoms with Gasteiger partial charge in [0, 0.05) is 50.3 Å². The molecule has 1 N–H and O–H groups in total. The van der Waals surface area contributed by atoms with Gasteiger partial charge in [0.05, 0.1) is 10.6 Å². The van der Waals surface area contributed by atoms with Gasteiger partial charge in [-0.25, -0.2) is 16.8 Å². The Morgan fingerprint density at radius 2 is 1.72 bits per heavy atom. The molecule has 2 aromatic carbocycles. The van der Waals surface area contributed by atoms with Gasteiger partial charge < -0.3 is 15.0 Å². The molecule has 0 aliphatic carbocycles. The zero-order valence-electron chi connectivity index (χ0n) is 20.5. The average molecular weight is 534 g/mol. The summed E-state index contributed by atoms with van der Waals surface area (Å²) in [5, 5.41) is 3.04. The summed E-state index contributed by atoms with van der Waals surface area (Å²) in [7, 11) is -2.15. The monoisotopic (exact) mass is 533 g/mol. The number of hydrogen-bond acceptors (Lipinski definition) is 5. The minimum atomic E-state index is -3.94. The Morgan fingerprint density at radius 1 is 1.00 bits per heavy atom. The van der Waals surface area contributed by atoms with E-state index in [0.29, 0.717) is 17.7 Å². The second kappa shape index (κ2) is 10.9. The zero-order valence-corrected chi connectivity index (χ0v) is 22.1. The first-order valence-electron chi connectivity index (χ1n) is 12.2. The molecule has 2 saturated heterocycles. The minimum Gasteiger partial charge on any atom is -0.381 e. The van der Waals surface area contributed by atoms with Gasteiger partial charge in [0.2, 0.25) is 0 Å². The molecule has 6 nitrogen and oxygen atoms in total. The zero-order chi connectivity index (χ0) is 24.5. The molecule has 1 spiro atoms. The number of aromatic nitrogens is 1. The van der Waals surface area contributed by atoms with Crippen LogP contribution in [0.2, 0.25) is 0 Å². The van der Waals surface area contributed by atoms with Crippen molar-refractivity contribution in [2.24, 2.45) is 5.41 Å². The van der Waals surface area contributed by atoms with Gasteiger partial charge >= 0.3 is 0 Å². The third kappa shape index (κ3) is 5.18. The van der Waals surface area contributed by atoms with E-state index in [1.807, 2.05) is 6.07 Å². The van der Waals surface area contributed by atoms with Crippen molar-refractivity contribution in [2.45, 2.75) is 37.1 Å². The van der Waals surface area contributed by atoms with Crippen LogP contribution < -0.4 is 10.2 Å². The van der Waals surface area contributed by atoms with Crippen LogP contribution in [0.3, 0.4) is 0 Å². The maximum Gasteiger partial charge on any atom is 0.268 e. The Kier molecular flexibility index (Phi) is 8.09. The molecule has 2 aliphatic rings. The molecule has 194 valence electrons. The summed E-state index contributed by atoms with van der Waals surface area (Å²) in [6.45, 7) is 3.96. The second-order valence-corrected chi connectivity index (χ2v) is 11.5. The van der Waals surface area contributed by atoms with Crippen LogP contribution in [0.4, 0.5) is 10.1 Å². The molecule has 0 radical (unpaired) electrons. The number of nitrogens with one attached hydrogen (secondary N) is 1. The number of nitrogens with zero attached hydrogens (tertiary/aromatic N) is 2. The van der Waals surface area contributed by atoms with E-state index in [1.54, 1.807) is 55.7 Å². The van der Waals surface area contributed by atoms with E-state index >= 15 is 0 Å². The number of halogens is 2. The highest BCUT2D eigenvalue weighted by Gasteiger charge is 2.36. The van der Waals surface area contributed by atoms with Gasteiger partial charge in [0.1, 0.15) is 5.82 Å². The number of ether oxygens (including phenoxy) is 1. The van der Waals surface area contributed by atoms with Crippen molar-refractivity contribution in [3.05, 3.63) is 72.2 Å². The SMILES string of the molecule is CNCc1cc(-c2ccccc2F)n(S(=O)(=O)c2cccc(N3CCC4(CCOCC4)CC3)c2)c1.Cl. The molecule has 0 unspecified atom stereocenters. The molecule has 9 heteroatoms. The standard InChI is InChI=1S/C27H32FN3O3S.ClH/c1-29-19-21-17-26(24-7-2-3-8-25(24)28)31(20-21)35(32,33)23-6-4-5-22(18-23)30-13-9-27(10-14-30)11-15-34-16-12-27;/h2-8,17-18,20,29H,9-16,19H2,1H3;1H. The van der Waals surface area contributed by atoms with Crippen molar-refractivity contribution in [3.8, 4) is 11.3 Å². The number of benzene rings is 2. The fourth-order valence-corrected chi connectivity index (χ4v) is 6.79. The van der Waals surface area contributed by atoms with Gasteiger partial charge in [0.15, 0.2) is 0 Å². The molecule has 3 aromatic rings. The van der Waals surface area contributed by atoms with Gasteiger partial charge in [-0.3, -0.25) is 0 Å². The fraction of sp³-hybridized carbons (Fsp3) is 0.407. The number of piperidine rings is 1. The van der Waals surface area contributed by atoms with Crippen molar-refractivity contribution in [1.82, 2.24) is 9.29 Å². The molecule has 2 fully saturated rings. The lowest BCUT2D eigenvalue weighted by molar-refractivity contribution is 0.00212. The van der Waals surface area contributed by atoms with Crippen LogP contribution in [-0.4, -0.2) is 45.7 Å². The molecule has 5 rings (SSSR count). The smallest absolute Gasteiger partial charge is 0.268 e. The van der Waals surface area contributed by atoms with E-state index in [0.717, 1.165) is 63.2 Å². The lowest BCUT2D eigenvalue weighted by Gasteiger charge is -2.44. The van der Waals surface area contributed by atoms with Crippen LogP contribution in [0, 0.1) is 11.2 Å². The van der Waals surface area contributed by atoms with E-state index in [1.165, 1.54) is 10.0 Å². The first-order valence-corrected chi connectivity index (χ1v) is 13.7. The molecule has 0 bridgehead atoms. The number of anilines is 1. The van der Waals surface area contributed by atoms with E-state index < -0.39 is 15.8 Å². The van der Waals surface area contributed by atoms with Crippen molar-refractivity contribution in [3.63, 3.8) is 0 Å². The molecule has 0 atom stereocenters. The summed E-state index contributed by atoms with van der Waals surface area (Å²) in [6.07, 6.45) is 5.98. The molecular weight excluding hydrogens is 501 g/mol. The summed E-state index contributed by atoms with van der Waals surface area (Å²) in [5.74, 6) is -0.456. The lowest BCUT2D eigenvalue weighted by atomic mass is 9.72. The largest absolute Gasteiger partial charge is 0.381 e. The summed E-state index contributed by atoms with van der Waals surface area (Å²) in [6, 6.07) is 15.1. The van der Waals surface area contributed by atoms with Crippen LogP contribution in [0.1, 0.15) is 31.2 Å². The second-order valence-electron chi connectivity index (χ2n) is 9.64. The van der Waals surface area contributed by atoms with Crippen molar-refractivity contribution < 1.29 is 17.5 Å². The van der Waals surface area contributed by atoms with Crippen LogP contribution in [0.15, 0.2) is 65.7 Å². The van der Waals surface area contributed by atoms with E-state index in [-0.39, 0.29) is 22.9 Å². The Balaban J connectivity index is 0.00000304. The van der Waals surface area contributed by atoms with Gasteiger partial charge in [0.25, 0.3) is 10.0 Å². The van der Waals surface area contributed by atoms with Crippen LogP contribution in [-0.2, 0) is 21.3 Å². The molecular formula is C27H33ClFN3O3S. The number of rotatable bonds is 6. The predicted molar refractivity (Wildman–Crippen MR) is 143 cm³/mol. The average Bonchev–Trinajstić information content (AvgIpc) is 3.30. The van der Waals surface area contributed by atoms with E-state index in [2.05, 4.69) is 10.2 Å². The van der Waals surface area contributed by atoms with Crippen LogP contribution in [0.25, 0.3) is 11.3 Å². The third-order valence-corrected chi connectivity index (χ3v) is 9.16. The minimum absolute atomic E-state index is 0. The van der Waals surface area contributed by atoms with Crippen LogP contribution >= 0.6 is 12.4 Å². The molecule has 1 aromatic heterocycles. The Labute approximate surface area is 218 Å². The quantitative estimate of drug-likeness (QED) is 0.479. The highest BCUT2D eigenvalue weighted by Crippen LogP contribution is 2.41. The predicted octanol–water partition coefficient (Wildman–Crippen LogP) is 5.07. The maximum atomic E-state index is 14.7. The van der Waals surface area contributed by atoms with Crippen LogP contribution in [0.5, 0.6) is 0 Å². The first-order chi connectivity index (χ1) is 16.9.